The summed E-state index contributed by atoms with van der Waals surface area (Å²) in [6.07, 6.45) is 0. The molecule has 0 aliphatic heterocycles. The molecule has 4 nitrogen and oxygen atoms in total. The normalized spacial score (nSPS) is 9.25. The molecule has 0 saturated carbocycles. The number of hydrogen-bond acceptors (Lipinski definition) is 4. The van der Waals surface area contributed by atoms with Crippen LogP contribution in [0.5, 0.6) is 0 Å². The predicted octanol–water partition coefficient (Wildman–Crippen LogP) is 0.420. The topological polar surface area (TPSA) is 51.0 Å². The number of hydrogen-bond donors (Lipinski definition) is 1. The van der Waals surface area contributed by atoms with E-state index >= 15 is 0 Å². The summed E-state index contributed by atoms with van der Waals surface area (Å²) in [5.74, 6) is 1.11. The van der Waals surface area contributed by atoms with Gasteiger partial charge in [-0.2, -0.15) is 4.98 Å². The molecule has 0 spiro atoms. The van der Waals surface area contributed by atoms with Crippen molar-refractivity contribution in [3.05, 3.63) is 5.89 Å². The molecule has 0 aliphatic rings. The quantitative estimate of drug-likeness (QED) is 0.573. The SMILES string of the molecule is CNc1noc(C)n1. The Kier molecular flexibility index (Phi) is 1.15. The number of aromatic nitrogens is 2. The monoisotopic (exact) mass is 113 g/mol. The zero-order valence-electron chi connectivity index (χ0n) is 4.80. The Morgan fingerprint density at radius 2 is 2.38 bits per heavy atom. The highest BCUT2D eigenvalue weighted by Crippen LogP contribution is 1.96. The molecule has 1 rings (SSSR count). The first kappa shape index (κ1) is 5.08. The second kappa shape index (κ2) is 1.81. The van der Waals surface area contributed by atoms with Gasteiger partial charge in [-0.25, -0.2) is 0 Å². The highest BCUT2D eigenvalue weighted by Gasteiger charge is 1.94. The van der Waals surface area contributed by atoms with Gasteiger partial charge in [-0.3, -0.25) is 0 Å². The van der Waals surface area contributed by atoms with E-state index in [9.17, 15) is 0 Å². The van der Waals surface area contributed by atoms with Gasteiger partial charge < -0.3 is 9.84 Å². The third-order valence-corrected chi connectivity index (χ3v) is 0.751. The van der Waals surface area contributed by atoms with Crippen LogP contribution in [-0.2, 0) is 0 Å². The Labute approximate surface area is 46.9 Å². The summed E-state index contributed by atoms with van der Waals surface area (Å²) in [4.78, 5) is 3.84. The van der Waals surface area contributed by atoms with E-state index in [-0.39, 0.29) is 0 Å². The fourth-order valence-corrected chi connectivity index (χ4v) is 0.401. The van der Waals surface area contributed by atoms with Gasteiger partial charge in [0.2, 0.25) is 5.89 Å². The minimum absolute atomic E-state index is 0.530. The average molecular weight is 113 g/mol. The van der Waals surface area contributed by atoms with Crippen molar-refractivity contribution in [2.75, 3.05) is 12.4 Å². The first-order valence-corrected chi connectivity index (χ1v) is 2.31. The first-order valence-electron chi connectivity index (χ1n) is 2.31. The van der Waals surface area contributed by atoms with Gasteiger partial charge in [-0.1, -0.05) is 0 Å². The Hall–Kier alpha value is -1.06. The number of anilines is 1. The average Bonchev–Trinajstić information content (AvgIpc) is 2.14. The largest absolute Gasteiger partial charge is 0.355 e. The molecule has 0 radical (unpaired) electrons. The van der Waals surface area contributed by atoms with E-state index in [0.717, 1.165) is 0 Å². The molecule has 0 amide bonds. The van der Waals surface area contributed by atoms with Crippen LogP contribution in [0.15, 0.2) is 4.52 Å². The second-order valence-corrected chi connectivity index (χ2v) is 1.39. The van der Waals surface area contributed by atoms with Gasteiger partial charge in [-0.15, -0.1) is 0 Å². The summed E-state index contributed by atoms with van der Waals surface area (Å²) in [5, 5.41) is 6.27. The van der Waals surface area contributed by atoms with Crippen LogP contribution in [-0.4, -0.2) is 17.2 Å². The Morgan fingerprint density at radius 3 is 2.62 bits per heavy atom. The molecule has 1 aromatic rings. The van der Waals surface area contributed by atoms with E-state index < -0.39 is 0 Å². The van der Waals surface area contributed by atoms with Crippen molar-refractivity contribution in [1.29, 1.82) is 0 Å². The van der Waals surface area contributed by atoms with Crippen LogP contribution in [0.2, 0.25) is 0 Å². The van der Waals surface area contributed by atoms with Gasteiger partial charge in [-0.05, 0) is 5.16 Å². The van der Waals surface area contributed by atoms with E-state index in [0.29, 0.717) is 11.8 Å². The highest BCUT2D eigenvalue weighted by molar-refractivity contribution is 5.18. The van der Waals surface area contributed by atoms with Gasteiger partial charge in [0, 0.05) is 14.0 Å². The van der Waals surface area contributed by atoms with Crippen molar-refractivity contribution >= 4 is 5.95 Å². The molecular formula is C4H7N3O. The third-order valence-electron chi connectivity index (χ3n) is 0.751. The molecule has 0 aromatic carbocycles. The van der Waals surface area contributed by atoms with Crippen LogP contribution >= 0.6 is 0 Å². The van der Waals surface area contributed by atoms with Gasteiger partial charge in [0.25, 0.3) is 5.95 Å². The maximum atomic E-state index is 4.63. The smallest absolute Gasteiger partial charge is 0.263 e. The molecule has 44 valence electrons. The molecule has 0 atom stereocenters. The lowest BCUT2D eigenvalue weighted by atomic mass is 10.8. The number of nitrogens with one attached hydrogen (secondary N) is 1. The lowest BCUT2D eigenvalue weighted by molar-refractivity contribution is 0.394. The fraction of sp³-hybridized carbons (Fsp3) is 0.500. The summed E-state index contributed by atoms with van der Waals surface area (Å²) >= 11 is 0. The summed E-state index contributed by atoms with van der Waals surface area (Å²) in [6, 6.07) is 0. The molecule has 1 aromatic heterocycles. The lowest BCUT2D eigenvalue weighted by Crippen LogP contribution is -1.88. The van der Waals surface area contributed by atoms with Crippen molar-refractivity contribution in [3.63, 3.8) is 0 Å². The minimum Gasteiger partial charge on any atom is -0.355 e. The molecule has 8 heavy (non-hydrogen) atoms. The highest BCUT2D eigenvalue weighted by atomic mass is 16.5. The zero-order valence-corrected chi connectivity index (χ0v) is 4.80. The van der Waals surface area contributed by atoms with Crippen LogP contribution in [0.1, 0.15) is 5.89 Å². The first-order chi connectivity index (χ1) is 3.83. The van der Waals surface area contributed by atoms with Gasteiger partial charge in [0.05, 0.1) is 0 Å². The van der Waals surface area contributed by atoms with Gasteiger partial charge in [0.15, 0.2) is 0 Å². The molecule has 4 heteroatoms. The van der Waals surface area contributed by atoms with E-state index in [4.69, 9.17) is 0 Å². The van der Waals surface area contributed by atoms with E-state index in [1.165, 1.54) is 0 Å². The van der Waals surface area contributed by atoms with E-state index in [1.807, 2.05) is 0 Å². The van der Waals surface area contributed by atoms with Crippen molar-refractivity contribution in [3.8, 4) is 0 Å². The Morgan fingerprint density at radius 1 is 1.62 bits per heavy atom. The molecular weight excluding hydrogens is 106 g/mol. The van der Waals surface area contributed by atoms with E-state index in [2.05, 4.69) is 20.0 Å². The van der Waals surface area contributed by atoms with Crippen LogP contribution in [0.4, 0.5) is 5.95 Å². The van der Waals surface area contributed by atoms with Crippen LogP contribution in [0.25, 0.3) is 0 Å². The minimum atomic E-state index is 0.530. The van der Waals surface area contributed by atoms with Crippen LogP contribution in [0, 0.1) is 6.92 Å². The molecule has 1 N–H and O–H groups in total. The molecule has 1 heterocycles. The maximum Gasteiger partial charge on any atom is 0.263 e. The van der Waals surface area contributed by atoms with Crippen molar-refractivity contribution in [2.24, 2.45) is 0 Å². The van der Waals surface area contributed by atoms with Crippen molar-refractivity contribution in [2.45, 2.75) is 6.92 Å². The number of rotatable bonds is 1. The number of aryl methyl sites for hydroxylation is 1. The van der Waals surface area contributed by atoms with Crippen molar-refractivity contribution < 1.29 is 4.52 Å². The van der Waals surface area contributed by atoms with E-state index in [1.54, 1.807) is 14.0 Å². The molecule has 0 saturated heterocycles. The Balaban J connectivity index is 2.84. The standard InChI is InChI=1S/C4H7N3O/c1-3-6-4(5-2)7-8-3/h1-2H3,(H,5,7). The molecule has 0 unspecified atom stereocenters. The van der Waals surface area contributed by atoms with Crippen LogP contribution < -0.4 is 5.32 Å². The second-order valence-electron chi connectivity index (χ2n) is 1.39. The molecule has 0 fully saturated rings. The van der Waals surface area contributed by atoms with Gasteiger partial charge >= 0.3 is 0 Å². The zero-order chi connectivity index (χ0) is 5.98. The molecule has 0 aliphatic carbocycles. The fourth-order valence-electron chi connectivity index (χ4n) is 0.401. The summed E-state index contributed by atoms with van der Waals surface area (Å²) in [6.45, 7) is 1.74. The molecule has 0 bridgehead atoms. The maximum absolute atomic E-state index is 4.63. The number of nitrogens with zero attached hydrogens (tertiary/aromatic N) is 2. The summed E-state index contributed by atoms with van der Waals surface area (Å²) in [5.41, 5.74) is 0. The summed E-state index contributed by atoms with van der Waals surface area (Å²) in [7, 11) is 1.74. The lowest BCUT2D eigenvalue weighted by Gasteiger charge is -1.80. The Bertz CT molecular complexity index is 172. The summed E-state index contributed by atoms with van der Waals surface area (Å²) < 4.78 is 4.63. The predicted molar refractivity (Wildman–Crippen MR) is 28.6 cm³/mol. The van der Waals surface area contributed by atoms with Crippen molar-refractivity contribution in [1.82, 2.24) is 10.1 Å². The third kappa shape index (κ3) is 0.776. The van der Waals surface area contributed by atoms with Gasteiger partial charge in [0.1, 0.15) is 0 Å². The van der Waals surface area contributed by atoms with Crippen LogP contribution in [0.3, 0.4) is 0 Å².